The van der Waals surface area contributed by atoms with Crippen molar-refractivity contribution in [3.05, 3.63) is 54.0 Å². The van der Waals surface area contributed by atoms with Crippen LogP contribution in [-0.2, 0) is 4.74 Å². The Morgan fingerprint density at radius 1 is 1.24 bits per heavy atom. The molecule has 0 spiro atoms. The van der Waals surface area contributed by atoms with Gasteiger partial charge in [0.05, 0.1) is 18.2 Å². The van der Waals surface area contributed by atoms with Crippen LogP contribution in [0.25, 0.3) is 0 Å². The van der Waals surface area contributed by atoms with Crippen molar-refractivity contribution < 1.29 is 14.3 Å². The minimum absolute atomic E-state index is 0.0179. The van der Waals surface area contributed by atoms with Gasteiger partial charge in [-0.2, -0.15) is 0 Å². The van der Waals surface area contributed by atoms with Crippen LogP contribution in [0.15, 0.2) is 42.7 Å². The lowest BCUT2D eigenvalue weighted by Gasteiger charge is -2.38. The van der Waals surface area contributed by atoms with E-state index in [-0.39, 0.29) is 24.2 Å². The molecule has 2 fully saturated rings. The van der Waals surface area contributed by atoms with Crippen molar-refractivity contribution in [2.24, 2.45) is 0 Å². The summed E-state index contributed by atoms with van der Waals surface area (Å²) in [6.07, 6.45) is 4.89. The molecule has 2 aromatic heterocycles. The van der Waals surface area contributed by atoms with E-state index in [0.29, 0.717) is 24.6 Å². The second-order valence-corrected chi connectivity index (χ2v) is 6.49. The fourth-order valence-electron chi connectivity index (χ4n) is 3.63. The molecule has 6 nitrogen and oxygen atoms in total. The van der Waals surface area contributed by atoms with Crippen molar-refractivity contribution in [1.29, 1.82) is 0 Å². The molecule has 1 aliphatic heterocycles. The fraction of sp³-hybridized carbons (Fsp3) is 0.421. The molecular weight excluding hydrogens is 318 g/mol. The molecule has 1 aliphatic carbocycles. The highest BCUT2D eigenvalue weighted by Gasteiger charge is 2.46. The summed E-state index contributed by atoms with van der Waals surface area (Å²) < 4.78 is 12.0. The molecule has 0 bridgehead atoms. The third kappa shape index (κ3) is 3.22. The van der Waals surface area contributed by atoms with E-state index in [1.165, 1.54) is 0 Å². The lowest BCUT2D eigenvalue weighted by molar-refractivity contribution is -0.0793. The first kappa shape index (κ1) is 16.0. The number of pyridine rings is 2. The standard InChI is InChI=1S/C19H21N3O3/c1-13-5-6-14(12-21-13)19(23)22-10-11-24-18-15(22)7-8-16(18)25-17-4-2-3-9-20-17/h2-6,9,12,15-16,18H,7-8,10-11H2,1H3/t15-,16+,18+/m1/s1. The molecule has 6 heteroatoms. The Morgan fingerprint density at radius 2 is 2.16 bits per heavy atom. The Balaban J connectivity index is 1.49. The molecule has 3 atom stereocenters. The topological polar surface area (TPSA) is 64.6 Å². The van der Waals surface area contributed by atoms with Gasteiger partial charge >= 0.3 is 0 Å². The normalized spacial score (nSPS) is 25.5. The second-order valence-electron chi connectivity index (χ2n) is 6.49. The number of rotatable bonds is 3. The van der Waals surface area contributed by atoms with Crippen molar-refractivity contribution in [3.63, 3.8) is 0 Å². The van der Waals surface area contributed by atoms with E-state index >= 15 is 0 Å². The second kappa shape index (κ2) is 6.80. The zero-order valence-corrected chi connectivity index (χ0v) is 14.2. The largest absolute Gasteiger partial charge is 0.471 e. The highest BCUT2D eigenvalue weighted by Crippen LogP contribution is 2.33. The summed E-state index contributed by atoms with van der Waals surface area (Å²) in [4.78, 5) is 23.3. The van der Waals surface area contributed by atoms with Crippen LogP contribution in [0.3, 0.4) is 0 Å². The Labute approximate surface area is 146 Å². The summed E-state index contributed by atoms with van der Waals surface area (Å²) in [7, 11) is 0. The van der Waals surface area contributed by atoms with Crippen LogP contribution in [0.5, 0.6) is 5.88 Å². The summed E-state index contributed by atoms with van der Waals surface area (Å²) in [6, 6.07) is 9.35. The molecule has 1 saturated carbocycles. The molecule has 1 amide bonds. The summed E-state index contributed by atoms with van der Waals surface area (Å²) in [5.74, 6) is 0.618. The number of hydrogen-bond donors (Lipinski definition) is 0. The van der Waals surface area contributed by atoms with E-state index in [1.54, 1.807) is 12.4 Å². The SMILES string of the molecule is Cc1ccc(C(=O)N2CCO[C@@H]3[C@@H](Oc4ccccn4)CC[C@H]32)cn1. The highest BCUT2D eigenvalue weighted by atomic mass is 16.5. The van der Waals surface area contributed by atoms with Crippen LogP contribution in [0.2, 0.25) is 0 Å². The molecule has 25 heavy (non-hydrogen) atoms. The first-order valence-corrected chi connectivity index (χ1v) is 8.65. The van der Waals surface area contributed by atoms with Crippen LogP contribution >= 0.6 is 0 Å². The van der Waals surface area contributed by atoms with Crippen LogP contribution in [0, 0.1) is 6.92 Å². The number of amides is 1. The zero-order chi connectivity index (χ0) is 17.2. The van der Waals surface area contributed by atoms with Gasteiger partial charge in [-0.1, -0.05) is 6.07 Å². The molecule has 0 unspecified atom stereocenters. The van der Waals surface area contributed by atoms with E-state index in [2.05, 4.69) is 9.97 Å². The van der Waals surface area contributed by atoms with Gasteiger partial charge in [0.15, 0.2) is 0 Å². The van der Waals surface area contributed by atoms with Crippen molar-refractivity contribution in [2.45, 2.75) is 38.0 Å². The summed E-state index contributed by atoms with van der Waals surface area (Å²) >= 11 is 0. The van der Waals surface area contributed by atoms with Gasteiger partial charge in [0.25, 0.3) is 5.91 Å². The maximum atomic E-state index is 12.9. The van der Waals surface area contributed by atoms with Crippen molar-refractivity contribution in [3.8, 4) is 5.88 Å². The summed E-state index contributed by atoms with van der Waals surface area (Å²) in [5, 5.41) is 0. The van der Waals surface area contributed by atoms with Crippen molar-refractivity contribution in [2.75, 3.05) is 13.2 Å². The van der Waals surface area contributed by atoms with Crippen molar-refractivity contribution >= 4 is 5.91 Å². The van der Waals surface area contributed by atoms with E-state index in [4.69, 9.17) is 9.47 Å². The first-order valence-electron chi connectivity index (χ1n) is 8.65. The monoisotopic (exact) mass is 339 g/mol. The number of hydrogen-bond acceptors (Lipinski definition) is 5. The first-order chi connectivity index (χ1) is 12.2. The number of ether oxygens (including phenoxy) is 2. The van der Waals surface area contributed by atoms with Crippen LogP contribution in [0.1, 0.15) is 28.9 Å². The van der Waals surface area contributed by atoms with Gasteiger partial charge in [-0.25, -0.2) is 4.98 Å². The number of nitrogens with zero attached hydrogens (tertiary/aromatic N) is 3. The number of carbonyl (C=O) groups excluding carboxylic acids is 1. The molecule has 0 aromatic carbocycles. The Morgan fingerprint density at radius 3 is 2.92 bits per heavy atom. The molecule has 4 rings (SSSR count). The number of carbonyl (C=O) groups is 1. The molecule has 1 saturated heterocycles. The van der Waals surface area contributed by atoms with Crippen LogP contribution < -0.4 is 4.74 Å². The molecule has 0 radical (unpaired) electrons. The maximum Gasteiger partial charge on any atom is 0.255 e. The van der Waals surface area contributed by atoms with Gasteiger partial charge in [-0.15, -0.1) is 0 Å². The van der Waals surface area contributed by atoms with Crippen molar-refractivity contribution in [1.82, 2.24) is 14.9 Å². The Bertz CT molecular complexity index is 735. The third-order valence-electron chi connectivity index (χ3n) is 4.86. The molecule has 2 aromatic rings. The van der Waals surface area contributed by atoms with Gasteiger partial charge in [0.1, 0.15) is 12.2 Å². The maximum absolute atomic E-state index is 12.9. The zero-order valence-electron chi connectivity index (χ0n) is 14.2. The predicted molar refractivity (Wildman–Crippen MR) is 91.4 cm³/mol. The van der Waals surface area contributed by atoms with E-state index < -0.39 is 0 Å². The molecule has 130 valence electrons. The third-order valence-corrected chi connectivity index (χ3v) is 4.86. The number of aryl methyl sites for hydroxylation is 1. The Kier molecular flexibility index (Phi) is 4.36. The van der Waals surface area contributed by atoms with Gasteiger partial charge < -0.3 is 14.4 Å². The number of morpholine rings is 1. The van der Waals surface area contributed by atoms with Gasteiger partial charge in [-0.05, 0) is 38.0 Å². The lowest BCUT2D eigenvalue weighted by Crippen LogP contribution is -2.54. The predicted octanol–water partition coefficient (Wildman–Crippen LogP) is 2.24. The highest BCUT2D eigenvalue weighted by molar-refractivity contribution is 5.94. The fourth-order valence-corrected chi connectivity index (χ4v) is 3.63. The number of fused-ring (bicyclic) bond motifs is 1. The molecule has 0 N–H and O–H groups in total. The van der Waals surface area contributed by atoms with Crippen LogP contribution in [0.4, 0.5) is 0 Å². The van der Waals surface area contributed by atoms with E-state index in [1.807, 2.05) is 42.2 Å². The average Bonchev–Trinajstić information content (AvgIpc) is 3.06. The summed E-state index contributed by atoms with van der Waals surface area (Å²) in [5.41, 5.74) is 1.53. The van der Waals surface area contributed by atoms with E-state index in [0.717, 1.165) is 18.5 Å². The average molecular weight is 339 g/mol. The quantitative estimate of drug-likeness (QED) is 0.858. The number of aromatic nitrogens is 2. The Hall–Kier alpha value is -2.47. The molecule has 3 heterocycles. The van der Waals surface area contributed by atoms with Gasteiger partial charge in [0, 0.05) is 30.7 Å². The van der Waals surface area contributed by atoms with Gasteiger partial charge in [0.2, 0.25) is 5.88 Å². The minimum atomic E-state index is -0.113. The molecule has 2 aliphatic rings. The molecular formula is C19H21N3O3. The van der Waals surface area contributed by atoms with Crippen LogP contribution in [-0.4, -0.2) is 52.2 Å². The van der Waals surface area contributed by atoms with E-state index in [9.17, 15) is 4.79 Å². The lowest BCUT2D eigenvalue weighted by atomic mass is 10.1. The smallest absolute Gasteiger partial charge is 0.255 e. The van der Waals surface area contributed by atoms with Gasteiger partial charge in [-0.3, -0.25) is 9.78 Å². The summed E-state index contributed by atoms with van der Waals surface area (Å²) in [6.45, 7) is 3.04. The minimum Gasteiger partial charge on any atom is -0.471 e.